The number of nitrogens with two attached hydrogens (primary N) is 2. The van der Waals surface area contributed by atoms with Gasteiger partial charge in [-0.3, -0.25) is 4.28 Å². The minimum absolute atomic E-state index is 0.0973. The first-order valence-electron chi connectivity index (χ1n) is 9.36. The largest absolute Gasteiger partial charge is 0.401 e. The average molecular weight is 497 g/mol. The van der Waals surface area contributed by atoms with E-state index in [4.69, 9.17) is 11.5 Å². The van der Waals surface area contributed by atoms with Gasteiger partial charge in [-0.15, -0.1) is 0 Å². The summed E-state index contributed by atoms with van der Waals surface area (Å²) in [6.45, 7) is -0.835. The van der Waals surface area contributed by atoms with Crippen LogP contribution >= 0.6 is 0 Å². The lowest BCUT2D eigenvalue weighted by atomic mass is 9.79. The van der Waals surface area contributed by atoms with Gasteiger partial charge in [0.05, 0.1) is 12.0 Å². The molecule has 0 bridgehead atoms. The van der Waals surface area contributed by atoms with Crippen molar-refractivity contribution in [3.63, 3.8) is 0 Å². The highest BCUT2D eigenvalue weighted by Gasteiger charge is 2.55. The van der Waals surface area contributed by atoms with Gasteiger partial charge in [-0.1, -0.05) is 53.7 Å². The smallest absolute Gasteiger partial charge is 0.326 e. The van der Waals surface area contributed by atoms with Crippen molar-refractivity contribution in [2.24, 2.45) is 16.6 Å². The fourth-order valence-corrected chi connectivity index (χ4v) is 3.61. The van der Waals surface area contributed by atoms with Crippen LogP contribution in [0.15, 0.2) is 53.7 Å². The second-order valence-electron chi connectivity index (χ2n) is 7.05. The highest BCUT2D eigenvalue weighted by molar-refractivity contribution is 7.85. The van der Waals surface area contributed by atoms with Crippen molar-refractivity contribution in [3.8, 4) is 0 Å². The number of alkyl halides is 6. The van der Waals surface area contributed by atoms with Gasteiger partial charge < -0.3 is 11.5 Å². The molecule has 0 saturated carbocycles. The number of benzene rings is 2. The number of hydrogen-bond donors (Lipinski definition) is 2. The molecule has 4 N–H and O–H groups in total. The minimum Gasteiger partial charge on any atom is -0.326 e. The molecule has 0 aliphatic carbocycles. The van der Waals surface area contributed by atoms with Gasteiger partial charge in [0, 0.05) is 13.1 Å². The monoisotopic (exact) mass is 497 g/mol. The third-order valence-corrected chi connectivity index (χ3v) is 5.04. The van der Waals surface area contributed by atoms with E-state index in [-0.39, 0.29) is 11.1 Å². The van der Waals surface area contributed by atoms with Crippen LogP contribution in [0.3, 0.4) is 0 Å². The number of hydrogen-bond acceptors (Lipinski definition) is 6. The van der Waals surface area contributed by atoms with Gasteiger partial charge in [0.1, 0.15) is 11.8 Å². The van der Waals surface area contributed by atoms with Crippen molar-refractivity contribution in [1.82, 2.24) is 0 Å². The van der Waals surface area contributed by atoms with Crippen molar-refractivity contribution in [2.45, 2.75) is 37.3 Å². The molecule has 0 aliphatic rings. The van der Waals surface area contributed by atoms with E-state index in [9.17, 15) is 34.8 Å². The maximum absolute atomic E-state index is 14.3. The van der Waals surface area contributed by atoms with Crippen molar-refractivity contribution in [3.05, 3.63) is 70.8 Å². The number of rotatable bonds is 8. The van der Waals surface area contributed by atoms with Crippen LogP contribution < -0.4 is 11.5 Å². The molecule has 2 aromatic carbocycles. The van der Waals surface area contributed by atoms with Crippen LogP contribution in [0.1, 0.15) is 34.1 Å². The summed E-state index contributed by atoms with van der Waals surface area (Å²) < 4.78 is 113. The third-order valence-electron chi connectivity index (χ3n) is 4.70. The van der Waals surface area contributed by atoms with Gasteiger partial charge in [-0.05, 0) is 22.3 Å². The van der Waals surface area contributed by atoms with Gasteiger partial charge in [-0.25, -0.2) is 0 Å². The van der Waals surface area contributed by atoms with E-state index in [1.807, 2.05) is 0 Å². The van der Waals surface area contributed by atoms with Crippen LogP contribution in [0.25, 0.3) is 0 Å². The molecule has 0 saturated heterocycles. The van der Waals surface area contributed by atoms with Gasteiger partial charge in [0.25, 0.3) is 0 Å². The van der Waals surface area contributed by atoms with Gasteiger partial charge in [0.15, 0.2) is 0 Å². The molecule has 2 aromatic rings. The predicted molar refractivity (Wildman–Crippen MR) is 110 cm³/mol. The SMILES string of the molecule is CS(=O)(=O)ON=C(C(c1ccccc1CN)C(F)(F)F)C(c1ccccc1CN)C(F)(F)F. The molecule has 182 valence electrons. The highest BCUT2D eigenvalue weighted by Crippen LogP contribution is 2.47. The van der Waals surface area contributed by atoms with Crippen LogP contribution in [0.5, 0.6) is 0 Å². The third kappa shape index (κ3) is 6.68. The summed E-state index contributed by atoms with van der Waals surface area (Å²) >= 11 is 0. The quantitative estimate of drug-likeness (QED) is 0.327. The Bertz CT molecular complexity index is 1030. The van der Waals surface area contributed by atoms with E-state index in [0.717, 1.165) is 12.1 Å². The Morgan fingerprint density at radius 1 is 0.848 bits per heavy atom. The first-order valence-corrected chi connectivity index (χ1v) is 11.2. The van der Waals surface area contributed by atoms with E-state index in [1.165, 1.54) is 36.4 Å². The summed E-state index contributed by atoms with van der Waals surface area (Å²) in [5.74, 6) is -5.95. The Kier molecular flexibility index (Phi) is 8.14. The summed E-state index contributed by atoms with van der Waals surface area (Å²) in [6.07, 6.45) is -10.2. The lowest BCUT2D eigenvalue weighted by Gasteiger charge is -2.31. The van der Waals surface area contributed by atoms with E-state index >= 15 is 0 Å². The molecule has 2 atom stereocenters. The molecule has 2 rings (SSSR count). The lowest BCUT2D eigenvalue weighted by Crippen LogP contribution is -2.39. The molecule has 0 spiro atoms. The summed E-state index contributed by atoms with van der Waals surface area (Å²) in [7, 11) is -4.54. The van der Waals surface area contributed by atoms with Crippen LogP contribution in [0, 0.1) is 0 Å². The van der Waals surface area contributed by atoms with Crippen molar-refractivity contribution < 1.29 is 39.0 Å². The molecule has 0 heterocycles. The molecule has 33 heavy (non-hydrogen) atoms. The number of nitrogens with zero attached hydrogens (tertiary/aromatic N) is 1. The first-order chi connectivity index (χ1) is 15.2. The highest BCUT2D eigenvalue weighted by atomic mass is 32.2. The van der Waals surface area contributed by atoms with Crippen molar-refractivity contribution in [1.29, 1.82) is 0 Å². The van der Waals surface area contributed by atoms with E-state index in [0.29, 0.717) is 6.26 Å². The molecule has 0 aliphatic heterocycles. The zero-order valence-corrected chi connectivity index (χ0v) is 18.0. The normalized spacial score (nSPS) is 14.5. The summed E-state index contributed by atoms with van der Waals surface area (Å²) in [5, 5.41) is 2.94. The molecular formula is C20H21F6N3O3S. The minimum atomic E-state index is -5.31. The van der Waals surface area contributed by atoms with Crippen molar-refractivity contribution >= 4 is 15.8 Å². The number of halogens is 6. The van der Waals surface area contributed by atoms with Crippen LogP contribution in [0.2, 0.25) is 0 Å². The summed E-state index contributed by atoms with van der Waals surface area (Å²) in [5.41, 5.74) is 8.02. The van der Waals surface area contributed by atoms with Crippen molar-refractivity contribution in [2.75, 3.05) is 6.26 Å². The second-order valence-corrected chi connectivity index (χ2v) is 8.61. The second kappa shape index (κ2) is 10.1. The Balaban J connectivity index is 2.94. The molecule has 13 heteroatoms. The topological polar surface area (TPSA) is 108 Å². The van der Waals surface area contributed by atoms with E-state index < -0.39 is 64.2 Å². The Labute approximate surface area is 186 Å². The summed E-state index contributed by atoms with van der Waals surface area (Å²) in [6, 6.07) is 9.48. The van der Waals surface area contributed by atoms with Gasteiger partial charge in [-0.2, -0.15) is 34.8 Å². The standard InChI is InChI=1S/C20H21F6N3O3S/c1-33(30,31)32-29-18(16(19(21,22)23)14-8-4-2-6-12(14)10-27)17(20(24,25)26)15-9-5-3-7-13(15)11-28/h2-9,16-17H,10-11,27-28H2,1H3. The molecule has 0 radical (unpaired) electrons. The molecular weight excluding hydrogens is 476 g/mol. The zero-order valence-electron chi connectivity index (χ0n) is 17.2. The molecule has 0 fully saturated rings. The van der Waals surface area contributed by atoms with Crippen LogP contribution in [-0.2, 0) is 27.5 Å². The fourth-order valence-electron chi connectivity index (χ4n) is 3.39. The number of oxime groups is 1. The van der Waals surface area contributed by atoms with Crippen LogP contribution in [0.4, 0.5) is 26.3 Å². The van der Waals surface area contributed by atoms with Gasteiger partial charge in [0.2, 0.25) is 0 Å². The predicted octanol–water partition coefficient (Wildman–Crippen LogP) is 3.93. The van der Waals surface area contributed by atoms with Crippen LogP contribution in [-0.4, -0.2) is 32.7 Å². The van der Waals surface area contributed by atoms with Gasteiger partial charge >= 0.3 is 22.5 Å². The summed E-state index contributed by atoms with van der Waals surface area (Å²) in [4.78, 5) is 0. The maximum atomic E-state index is 14.3. The molecule has 0 aromatic heterocycles. The Morgan fingerprint density at radius 3 is 1.52 bits per heavy atom. The Hall–Kier alpha value is -2.64. The van der Waals surface area contributed by atoms with E-state index in [2.05, 4.69) is 9.44 Å². The average Bonchev–Trinajstić information content (AvgIpc) is 2.70. The zero-order chi connectivity index (χ0) is 25.0. The first kappa shape index (κ1) is 26.6. The molecule has 2 unspecified atom stereocenters. The fraction of sp³-hybridized carbons (Fsp3) is 0.350. The Morgan fingerprint density at radius 2 is 1.21 bits per heavy atom. The van der Waals surface area contributed by atoms with E-state index in [1.54, 1.807) is 0 Å². The lowest BCUT2D eigenvalue weighted by molar-refractivity contribution is -0.148. The molecule has 6 nitrogen and oxygen atoms in total. The maximum Gasteiger partial charge on any atom is 0.401 e. The molecule has 0 amide bonds.